The second kappa shape index (κ2) is 28.3. The van der Waals surface area contributed by atoms with E-state index in [0.717, 1.165) is 74.2 Å². The molecule has 0 unspecified atom stereocenters. The number of hydrogen-bond donors (Lipinski definition) is 0. The summed E-state index contributed by atoms with van der Waals surface area (Å²) in [5, 5.41) is 22.8. The quantitative estimate of drug-likeness (QED) is 0.0545. The number of anilines is 1. The van der Waals surface area contributed by atoms with Crippen LogP contribution >= 0.6 is 0 Å². The third-order valence-electron chi connectivity index (χ3n) is 10.5. The van der Waals surface area contributed by atoms with E-state index in [0.29, 0.717) is 5.56 Å². The maximum Gasteiger partial charge on any atom is 2.00 e. The average molecular weight is 797 g/mol. The van der Waals surface area contributed by atoms with Crippen molar-refractivity contribution < 1.29 is 26.7 Å². The molecular formula is C49H75N3NiO2. The van der Waals surface area contributed by atoms with Crippen LogP contribution in [0.4, 0.5) is 17.1 Å². The number of rotatable bonds is 23. The van der Waals surface area contributed by atoms with Gasteiger partial charge in [-0.05, 0) is 137 Å². The third kappa shape index (κ3) is 16.5. The van der Waals surface area contributed by atoms with Gasteiger partial charge in [0.25, 0.3) is 0 Å². The molecule has 0 amide bonds. The fraction of sp³-hybridized carbons (Fsp3) is 0.592. The Labute approximate surface area is 347 Å². The van der Waals surface area contributed by atoms with Crippen LogP contribution in [0.1, 0.15) is 172 Å². The van der Waals surface area contributed by atoms with E-state index in [2.05, 4.69) is 82.8 Å². The fourth-order valence-electron chi connectivity index (χ4n) is 7.24. The van der Waals surface area contributed by atoms with Gasteiger partial charge in [0.05, 0.1) is 22.8 Å². The maximum absolute atomic E-state index is 11.4. The minimum absolute atomic E-state index is 0. The van der Waals surface area contributed by atoms with E-state index >= 15 is 0 Å². The molecule has 5 nitrogen and oxygen atoms in total. The van der Waals surface area contributed by atoms with E-state index in [1.165, 1.54) is 110 Å². The zero-order chi connectivity index (χ0) is 39.9. The van der Waals surface area contributed by atoms with E-state index < -0.39 is 5.75 Å². The molecule has 3 aromatic rings. The molecule has 0 bridgehead atoms. The molecule has 0 aliphatic carbocycles. The summed E-state index contributed by atoms with van der Waals surface area (Å²) >= 11 is 0. The van der Waals surface area contributed by atoms with Gasteiger partial charge >= 0.3 is 16.5 Å². The molecule has 0 aromatic heterocycles. The average Bonchev–Trinajstić information content (AvgIpc) is 3.17. The molecule has 3 aromatic carbocycles. The Morgan fingerprint density at radius 1 is 0.509 bits per heavy atom. The Bertz CT molecular complexity index is 1590. The van der Waals surface area contributed by atoms with E-state index in [9.17, 15) is 10.2 Å². The predicted molar refractivity (Wildman–Crippen MR) is 234 cm³/mol. The van der Waals surface area contributed by atoms with Gasteiger partial charge in [0.15, 0.2) is 0 Å². The molecule has 0 radical (unpaired) electrons. The van der Waals surface area contributed by atoms with Gasteiger partial charge in [0.2, 0.25) is 0 Å². The summed E-state index contributed by atoms with van der Waals surface area (Å²) in [5.41, 5.74) is 13.0. The Kier molecular flexibility index (Phi) is 25.7. The predicted octanol–water partition coefficient (Wildman–Crippen LogP) is 13.2. The van der Waals surface area contributed by atoms with Crippen molar-refractivity contribution in [2.24, 2.45) is 9.98 Å². The Balaban J connectivity index is 0.000000791. The van der Waals surface area contributed by atoms with Crippen molar-refractivity contribution >= 4 is 28.5 Å². The molecule has 3 rings (SSSR count). The standard InChI is InChI=1S/C37H58N2.C12H19NO2.Ni/c1-7-13-15-17-23-37(39-35-27-25-31(19-10-4)33(29-35)21-12-6)36(22-16-14-8-2)38-34-26-24-30(18-9-3)32(28-34)20-11-5;1-5-13(6-2)10-7-11(14)12(15)9(4)8(10)3;/h24-29H,7-23H2,1-6H3;7,14-15H,5-6H2,1-4H3;/q;;+2/p-2. The van der Waals surface area contributed by atoms with Gasteiger partial charge < -0.3 is 15.1 Å². The van der Waals surface area contributed by atoms with E-state index in [4.69, 9.17) is 9.98 Å². The first-order chi connectivity index (χ1) is 26.1. The van der Waals surface area contributed by atoms with Gasteiger partial charge in [-0.1, -0.05) is 117 Å². The molecule has 0 N–H and O–H groups in total. The molecule has 308 valence electrons. The first-order valence-electron chi connectivity index (χ1n) is 21.7. The molecule has 0 fully saturated rings. The van der Waals surface area contributed by atoms with E-state index in [1.807, 2.05) is 20.8 Å². The number of hydrogen-bond acceptors (Lipinski definition) is 5. The molecule has 0 atom stereocenters. The van der Waals surface area contributed by atoms with Crippen LogP contribution in [0.3, 0.4) is 0 Å². The minimum Gasteiger partial charge on any atom is -0.873 e. The monoisotopic (exact) mass is 796 g/mol. The van der Waals surface area contributed by atoms with Crippen LogP contribution in [-0.4, -0.2) is 24.5 Å². The second-order valence-electron chi connectivity index (χ2n) is 14.9. The largest absolute Gasteiger partial charge is 2.00 e. The molecule has 0 saturated carbocycles. The van der Waals surface area contributed by atoms with Gasteiger partial charge in [-0.25, -0.2) is 0 Å². The fourth-order valence-corrected chi connectivity index (χ4v) is 7.24. The van der Waals surface area contributed by atoms with Crippen molar-refractivity contribution in [3.63, 3.8) is 0 Å². The Morgan fingerprint density at radius 2 is 0.927 bits per heavy atom. The van der Waals surface area contributed by atoms with Crippen LogP contribution in [0.5, 0.6) is 11.5 Å². The van der Waals surface area contributed by atoms with Crippen LogP contribution in [0.25, 0.3) is 0 Å². The van der Waals surface area contributed by atoms with Gasteiger partial charge in [-0.3, -0.25) is 9.98 Å². The molecule has 0 heterocycles. The van der Waals surface area contributed by atoms with Crippen LogP contribution in [0.15, 0.2) is 52.4 Å². The number of aliphatic imine (C=N–C) groups is 2. The number of benzene rings is 3. The molecule has 0 aliphatic heterocycles. The van der Waals surface area contributed by atoms with Gasteiger partial charge in [-0.2, -0.15) is 0 Å². The number of aryl methyl sites for hydroxylation is 4. The van der Waals surface area contributed by atoms with Gasteiger partial charge in [-0.15, -0.1) is 11.5 Å². The molecule has 0 saturated heterocycles. The number of unbranched alkanes of at least 4 members (excludes halogenated alkanes) is 5. The Morgan fingerprint density at radius 3 is 1.35 bits per heavy atom. The van der Waals surface area contributed by atoms with Crippen molar-refractivity contribution in [2.45, 2.75) is 178 Å². The smallest absolute Gasteiger partial charge is 0.873 e. The molecule has 55 heavy (non-hydrogen) atoms. The molecule has 0 spiro atoms. The van der Waals surface area contributed by atoms with Crippen molar-refractivity contribution in [3.05, 3.63) is 75.8 Å². The summed E-state index contributed by atoms with van der Waals surface area (Å²) < 4.78 is 0. The van der Waals surface area contributed by atoms with Gasteiger partial charge in [0, 0.05) is 18.8 Å². The second-order valence-corrected chi connectivity index (χ2v) is 14.9. The van der Waals surface area contributed by atoms with E-state index in [-0.39, 0.29) is 22.2 Å². The van der Waals surface area contributed by atoms with Crippen molar-refractivity contribution in [1.82, 2.24) is 0 Å². The van der Waals surface area contributed by atoms with Crippen LogP contribution in [-0.2, 0) is 42.2 Å². The topological polar surface area (TPSA) is 74.1 Å². The summed E-state index contributed by atoms with van der Waals surface area (Å²) in [5.74, 6) is -0.775. The SMILES string of the molecule is CCCCCCC(=Nc1ccc(CCC)c(CCC)c1)C(CCCCC)=Nc1ccc(CCC)c(CCC)c1.CCN(CC)c1cc([O-])c([O-])c(C)c1C.[Ni+2]. The number of nitrogens with zero attached hydrogens (tertiary/aromatic N) is 3. The molecular weight excluding hydrogens is 721 g/mol. The van der Waals surface area contributed by atoms with Gasteiger partial charge in [0.1, 0.15) is 0 Å². The van der Waals surface area contributed by atoms with Crippen molar-refractivity contribution in [1.29, 1.82) is 0 Å². The van der Waals surface area contributed by atoms with E-state index in [1.54, 1.807) is 6.92 Å². The summed E-state index contributed by atoms with van der Waals surface area (Å²) in [7, 11) is 0. The third-order valence-corrected chi connectivity index (χ3v) is 10.5. The van der Waals surface area contributed by atoms with Crippen LogP contribution in [0.2, 0.25) is 0 Å². The van der Waals surface area contributed by atoms with Crippen LogP contribution in [0, 0.1) is 13.8 Å². The molecule has 6 heteroatoms. The minimum atomic E-state index is -0.403. The summed E-state index contributed by atoms with van der Waals surface area (Å²) in [4.78, 5) is 12.8. The first-order valence-corrected chi connectivity index (χ1v) is 21.7. The normalized spacial score (nSPS) is 11.6. The maximum atomic E-state index is 11.4. The summed E-state index contributed by atoms with van der Waals surface area (Å²) in [6.45, 7) is 23.0. The Hall–Kier alpha value is -3.11. The molecule has 0 aliphatic rings. The summed E-state index contributed by atoms with van der Waals surface area (Å²) in [6.07, 6.45) is 20.0. The first kappa shape index (κ1) is 49.9. The van der Waals surface area contributed by atoms with Crippen molar-refractivity contribution in [2.75, 3.05) is 18.0 Å². The van der Waals surface area contributed by atoms with Crippen LogP contribution < -0.4 is 15.1 Å². The summed E-state index contributed by atoms with van der Waals surface area (Å²) in [6, 6.07) is 15.3. The van der Waals surface area contributed by atoms with Crippen molar-refractivity contribution in [3.8, 4) is 11.5 Å². The zero-order valence-electron chi connectivity index (χ0n) is 36.5. The zero-order valence-corrected chi connectivity index (χ0v) is 37.4.